The Morgan fingerprint density at radius 1 is 1.25 bits per heavy atom. The molecule has 0 aliphatic carbocycles. The third-order valence-corrected chi connectivity index (χ3v) is 3.55. The van der Waals surface area contributed by atoms with Crippen LogP contribution in [-0.2, 0) is 0 Å². The second-order valence-corrected chi connectivity index (χ2v) is 5.39. The van der Waals surface area contributed by atoms with Gasteiger partial charge in [0.2, 0.25) is 11.6 Å². The number of hydrogen-bond donors (Lipinski definition) is 2. The molecule has 1 unspecified atom stereocenters. The molecule has 8 nitrogen and oxygen atoms in total. The number of anilines is 3. The van der Waals surface area contributed by atoms with Crippen LogP contribution in [0.2, 0.25) is 0 Å². The normalized spacial score (nSPS) is 11.6. The van der Waals surface area contributed by atoms with E-state index in [0.717, 1.165) is 6.42 Å². The first kappa shape index (κ1) is 17.3. The third-order valence-electron chi connectivity index (χ3n) is 3.55. The van der Waals surface area contributed by atoms with E-state index in [1.165, 1.54) is 13.3 Å². The lowest BCUT2D eigenvalue weighted by atomic mass is 10.1. The predicted octanol–water partition coefficient (Wildman–Crippen LogP) is 3.54. The van der Waals surface area contributed by atoms with Gasteiger partial charge in [0.15, 0.2) is 5.78 Å². The van der Waals surface area contributed by atoms with E-state index in [1.807, 2.05) is 13.8 Å². The first-order valence-electron chi connectivity index (χ1n) is 7.56. The fraction of sp³-hybridized carbons (Fsp3) is 0.312. The van der Waals surface area contributed by atoms with Crippen LogP contribution in [0.3, 0.4) is 0 Å². The summed E-state index contributed by atoms with van der Waals surface area (Å²) in [7, 11) is 0. The van der Waals surface area contributed by atoms with Gasteiger partial charge in [-0.15, -0.1) is 0 Å². The number of aromatic nitrogens is 2. The van der Waals surface area contributed by atoms with Crippen molar-refractivity contribution in [1.82, 2.24) is 9.97 Å². The van der Waals surface area contributed by atoms with Crippen molar-refractivity contribution in [2.45, 2.75) is 33.2 Å². The molecular weight excluding hydrogens is 310 g/mol. The minimum absolute atomic E-state index is 0.0429. The van der Waals surface area contributed by atoms with Gasteiger partial charge in [-0.1, -0.05) is 6.92 Å². The van der Waals surface area contributed by atoms with Crippen LogP contribution in [0.15, 0.2) is 30.6 Å². The Morgan fingerprint density at radius 2 is 1.88 bits per heavy atom. The van der Waals surface area contributed by atoms with E-state index in [0.29, 0.717) is 11.3 Å². The number of carbonyl (C=O) groups excluding carboxylic acids is 1. The minimum Gasteiger partial charge on any atom is -0.362 e. The molecule has 0 saturated carbocycles. The second-order valence-electron chi connectivity index (χ2n) is 5.39. The molecule has 0 aliphatic heterocycles. The molecule has 0 amide bonds. The van der Waals surface area contributed by atoms with Crippen LogP contribution < -0.4 is 10.6 Å². The summed E-state index contributed by atoms with van der Waals surface area (Å²) >= 11 is 0. The van der Waals surface area contributed by atoms with E-state index in [-0.39, 0.29) is 29.1 Å². The maximum Gasteiger partial charge on any atom is 0.353 e. The number of nitro groups is 1. The summed E-state index contributed by atoms with van der Waals surface area (Å²) < 4.78 is 0. The Labute approximate surface area is 139 Å². The average molecular weight is 329 g/mol. The third kappa shape index (κ3) is 4.03. The van der Waals surface area contributed by atoms with Crippen molar-refractivity contribution in [2.24, 2.45) is 0 Å². The molecule has 8 heteroatoms. The zero-order chi connectivity index (χ0) is 17.7. The van der Waals surface area contributed by atoms with Crippen LogP contribution in [0.4, 0.5) is 23.0 Å². The first-order chi connectivity index (χ1) is 11.4. The molecule has 0 aliphatic rings. The number of benzene rings is 1. The van der Waals surface area contributed by atoms with E-state index in [9.17, 15) is 14.9 Å². The van der Waals surface area contributed by atoms with Gasteiger partial charge in [-0.05, 0) is 44.5 Å². The molecule has 0 radical (unpaired) electrons. The van der Waals surface area contributed by atoms with Gasteiger partial charge in [-0.25, -0.2) is 9.97 Å². The average Bonchev–Trinajstić information content (AvgIpc) is 2.55. The van der Waals surface area contributed by atoms with Crippen molar-refractivity contribution in [3.05, 3.63) is 46.3 Å². The fourth-order valence-electron chi connectivity index (χ4n) is 2.01. The molecule has 1 aromatic carbocycles. The molecule has 1 atom stereocenters. The summed E-state index contributed by atoms with van der Waals surface area (Å²) in [5, 5.41) is 17.4. The van der Waals surface area contributed by atoms with Crippen LogP contribution in [0.25, 0.3) is 0 Å². The van der Waals surface area contributed by atoms with Crippen LogP contribution in [0, 0.1) is 10.1 Å². The highest BCUT2D eigenvalue weighted by molar-refractivity contribution is 5.94. The zero-order valence-electron chi connectivity index (χ0n) is 13.7. The molecule has 0 saturated heterocycles. The number of carbonyl (C=O) groups is 1. The van der Waals surface area contributed by atoms with Crippen molar-refractivity contribution in [1.29, 1.82) is 0 Å². The largest absolute Gasteiger partial charge is 0.362 e. The van der Waals surface area contributed by atoms with Crippen molar-refractivity contribution in [3.8, 4) is 0 Å². The van der Waals surface area contributed by atoms with Crippen LogP contribution in [0.1, 0.15) is 37.6 Å². The van der Waals surface area contributed by atoms with Crippen LogP contribution in [0.5, 0.6) is 0 Å². The van der Waals surface area contributed by atoms with Gasteiger partial charge in [0.05, 0.1) is 4.92 Å². The summed E-state index contributed by atoms with van der Waals surface area (Å²) in [5.41, 5.74) is 0.946. The van der Waals surface area contributed by atoms with E-state index < -0.39 is 4.92 Å². The highest BCUT2D eigenvalue weighted by Gasteiger charge is 2.23. The van der Waals surface area contributed by atoms with E-state index in [2.05, 4.69) is 20.6 Å². The van der Waals surface area contributed by atoms with Gasteiger partial charge >= 0.3 is 5.69 Å². The molecule has 2 N–H and O–H groups in total. The number of nitrogens with one attached hydrogen (secondary N) is 2. The Kier molecular flexibility index (Phi) is 5.41. The number of hydrogen-bond acceptors (Lipinski definition) is 7. The summed E-state index contributed by atoms with van der Waals surface area (Å²) in [6.07, 6.45) is 2.07. The summed E-state index contributed by atoms with van der Waals surface area (Å²) in [5.74, 6) is 0.221. The molecule has 24 heavy (non-hydrogen) atoms. The molecule has 2 rings (SSSR count). The fourth-order valence-corrected chi connectivity index (χ4v) is 2.01. The maximum atomic E-state index is 11.4. The topological polar surface area (TPSA) is 110 Å². The maximum absolute atomic E-state index is 11.4. The zero-order valence-corrected chi connectivity index (χ0v) is 13.7. The second kappa shape index (κ2) is 7.49. The van der Waals surface area contributed by atoms with E-state index in [4.69, 9.17) is 0 Å². The number of nitrogens with zero attached hydrogens (tertiary/aromatic N) is 3. The number of ketones is 1. The smallest absolute Gasteiger partial charge is 0.353 e. The van der Waals surface area contributed by atoms with Crippen molar-refractivity contribution in [2.75, 3.05) is 10.6 Å². The van der Waals surface area contributed by atoms with Crippen LogP contribution >= 0.6 is 0 Å². The molecule has 0 fully saturated rings. The molecule has 2 aromatic rings. The summed E-state index contributed by atoms with van der Waals surface area (Å²) in [4.78, 5) is 30.2. The SMILES string of the molecule is CCC(C)Nc1ncnc(Nc2ccc(C(C)=O)cc2)c1[N+](=O)[O-]. The van der Waals surface area contributed by atoms with Gasteiger partial charge in [0.1, 0.15) is 6.33 Å². The lowest BCUT2D eigenvalue weighted by Crippen LogP contribution is -2.16. The lowest BCUT2D eigenvalue weighted by molar-refractivity contribution is -0.383. The quantitative estimate of drug-likeness (QED) is 0.454. The predicted molar refractivity (Wildman–Crippen MR) is 91.8 cm³/mol. The summed E-state index contributed by atoms with van der Waals surface area (Å²) in [6.45, 7) is 5.37. The molecule has 0 spiro atoms. The first-order valence-corrected chi connectivity index (χ1v) is 7.56. The standard InChI is InChI=1S/C16H19N5O3/c1-4-10(2)19-15-14(21(23)24)16(18-9-17-15)20-13-7-5-12(6-8-13)11(3)22/h5-10H,4H2,1-3H3,(H2,17,18,19,20). The Balaban J connectivity index is 2.33. The van der Waals surface area contributed by atoms with Gasteiger partial charge < -0.3 is 10.6 Å². The van der Waals surface area contributed by atoms with Gasteiger partial charge in [0.25, 0.3) is 0 Å². The van der Waals surface area contributed by atoms with Gasteiger partial charge in [0, 0.05) is 17.3 Å². The van der Waals surface area contributed by atoms with E-state index >= 15 is 0 Å². The van der Waals surface area contributed by atoms with Crippen LogP contribution in [-0.4, -0.2) is 26.7 Å². The highest BCUT2D eigenvalue weighted by atomic mass is 16.6. The lowest BCUT2D eigenvalue weighted by Gasteiger charge is -2.13. The Bertz CT molecular complexity index is 746. The number of rotatable bonds is 7. The molecule has 1 aromatic heterocycles. The highest BCUT2D eigenvalue weighted by Crippen LogP contribution is 2.31. The number of Topliss-reactive ketones (excluding diaryl/α,β-unsaturated/α-hetero) is 1. The molecular formula is C16H19N5O3. The Hall–Kier alpha value is -3.03. The van der Waals surface area contributed by atoms with Crippen molar-refractivity contribution >= 4 is 28.8 Å². The van der Waals surface area contributed by atoms with E-state index in [1.54, 1.807) is 24.3 Å². The van der Waals surface area contributed by atoms with Gasteiger partial charge in [-0.3, -0.25) is 14.9 Å². The summed E-state index contributed by atoms with van der Waals surface area (Å²) in [6, 6.07) is 6.68. The molecule has 126 valence electrons. The monoisotopic (exact) mass is 329 g/mol. The molecule has 1 heterocycles. The minimum atomic E-state index is -0.517. The van der Waals surface area contributed by atoms with Gasteiger partial charge in [-0.2, -0.15) is 0 Å². The van der Waals surface area contributed by atoms with Crippen molar-refractivity contribution < 1.29 is 9.72 Å². The Morgan fingerprint density at radius 3 is 2.42 bits per heavy atom. The molecule has 0 bridgehead atoms. The van der Waals surface area contributed by atoms with Crippen molar-refractivity contribution in [3.63, 3.8) is 0 Å².